The molecule has 17 heavy (non-hydrogen) atoms. The van der Waals surface area contributed by atoms with Gasteiger partial charge in [-0.3, -0.25) is 4.90 Å². The molecule has 1 saturated carbocycles. The fourth-order valence-corrected chi connectivity index (χ4v) is 3.65. The summed E-state index contributed by atoms with van der Waals surface area (Å²) in [6, 6.07) is 1.20. The molecule has 0 spiro atoms. The molecule has 1 N–H and O–H groups in total. The summed E-state index contributed by atoms with van der Waals surface area (Å²) in [6.07, 6.45) is 2.61. The van der Waals surface area contributed by atoms with Gasteiger partial charge in [-0.25, -0.2) is 8.42 Å². The molecule has 1 unspecified atom stereocenters. The highest BCUT2D eigenvalue weighted by molar-refractivity contribution is 7.91. The van der Waals surface area contributed by atoms with Gasteiger partial charge >= 0.3 is 0 Å². The zero-order valence-electron chi connectivity index (χ0n) is 10.9. The second-order valence-corrected chi connectivity index (χ2v) is 7.99. The Morgan fingerprint density at radius 2 is 1.82 bits per heavy atom. The van der Waals surface area contributed by atoms with E-state index in [2.05, 4.69) is 24.1 Å². The number of hydrogen-bond donors (Lipinski definition) is 1. The molecule has 0 aromatic rings. The molecule has 1 heterocycles. The van der Waals surface area contributed by atoms with Gasteiger partial charge in [-0.15, -0.1) is 0 Å². The Morgan fingerprint density at radius 3 is 2.29 bits per heavy atom. The molecule has 2 rings (SSSR count). The minimum Gasteiger partial charge on any atom is -0.312 e. The van der Waals surface area contributed by atoms with Crippen molar-refractivity contribution in [2.24, 2.45) is 5.92 Å². The molecule has 0 aromatic carbocycles. The average Bonchev–Trinajstić information content (AvgIpc) is 3.03. The van der Waals surface area contributed by atoms with Gasteiger partial charge in [0.15, 0.2) is 9.84 Å². The van der Waals surface area contributed by atoms with Crippen molar-refractivity contribution in [3.63, 3.8) is 0 Å². The molecule has 0 aromatic heterocycles. The topological polar surface area (TPSA) is 49.4 Å². The third-order valence-corrected chi connectivity index (χ3v) is 5.42. The molecule has 100 valence electrons. The van der Waals surface area contributed by atoms with E-state index in [-0.39, 0.29) is 0 Å². The second kappa shape index (κ2) is 5.24. The minimum atomic E-state index is -2.76. The van der Waals surface area contributed by atoms with Crippen molar-refractivity contribution < 1.29 is 8.42 Å². The van der Waals surface area contributed by atoms with Crippen LogP contribution in [0.4, 0.5) is 0 Å². The van der Waals surface area contributed by atoms with Crippen LogP contribution >= 0.6 is 0 Å². The highest BCUT2D eigenvalue weighted by Crippen LogP contribution is 2.20. The molecular weight excluding hydrogens is 236 g/mol. The van der Waals surface area contributed by atoms with Crippen LogP contribution in [0.15, 0.2) is 0 Å². The summed E-state index contributed by atoms with van der Waals surface area (Å²) in [5, 5.41) is 3.56. The van der Waals surface area contributed by atoms with Crippen molar-refractivity contribution in [2.45, 2.75) is 38.8 Å². The van der Waals surface area contributed by atoms with E-state index in [1.54, 1.807) is 0 Å². The quantitative estimate of drug-likeness (QED) is 0.782. The van der Waals surface area contributed by atoms with Crippen LogP contribution in [0.25, 0.3) is 0 Å². The van der Waals surface area contributed by atoms with Gasteiger partial charge in [0.25, 0.3) is 0 Å². The summed E-state index contributed by atoms with van der Waals surface area (Å²) in [6.45, 7) is 6.86. The normalized spacial score (nSPS) is 27.2. The standard InChI is InChI=1S/C12H24N2O2S/c1-10(2)12(9-13-11-3-4-11)14-5-7-17(15,16)8-6-14/h10-13H,3-9H2,1-2H3. The molecule has 2 aliphatic rings. The summed E-state index contributed by atoms with van der Waals surface area (Å²) >= 11 is 0. The van der Waals surface area contributed by atoms with Crippen LogP contribution in [-0.4, -0.2) is 56.5 Å². The summed E-state index contributed by atoms with van der Waals surface area (Å²) in [5.74, 6) is 1.24. The third-order valence-electron chi connectivity index (χ3n) is 3.81. The molecule has 4 nitrogen and oxygen atoms in total. The molecule has 1 saturated heterocycles. The van der Waals surface area contributed by atoms with Crippen molar-refractivity contribution in [2.75, 3.05) is 31.1 Å². The first kappa shape index (κ1) is 13.3. The minimum absolute atomic E-state index is 0.333. The molecule has 1 aliphatic heterocycles. The summed E-state index contributed by atoms with van der Waals surface area (Å²) in [4.78, 5) is 2.35. The molecule has 0 amide bonds. The van der Waals surface area contributed by atoms with E-state index in [1.165, 1.54) is 12.8 Å². The van der Waals surface area contributed by atoms with Crippen LogP contribution in [0.3, 0.4) is 0 Å². The lowest BCUT2D eigenvalue weighted by Gasteiger charge is -2.37. The zero-order chi connectivity index (χ0) is 12.5. The highest BCUT2D eigenvalue weighted by Gasteiger charge is 2.30. The van der Waals surface area contributed by atoms with Crippen molar-refractivity contribution in [3.05, 3.63) is 0 Å². The number of sulfone groups is 1. The highest BCUT2D eigenvalue weighted by atomic mass is 32.2. The molecule has 0 radical (unpaired) electrons. The Labute approximate surface area is 105 Å². The fourth-order valence-electron chi connectivity index (χ4n) is 2.42. The molecule has 5 heteroatoms. The third kappa shape index (κ3) is 3.93. The molecule has 2 fully saturated rings. The first-order valence-corrected chi connectivity index (χ1v) is 8.48. The number of nitrogens with zero attached hydrogens (tertiary/aromatic N) is 1. The van der Waals surface area contributed by atoms with Gasteiger partial charge < -0.3 is 5.32 Å². The molecule has 1 aliphatic carbocycles. The van der Waals surface area contributed by atoms with Crippen molar-refractivity contribution in [1.29, 1.82) is 0 Å². The Morgan fingerprint density at radius 1 is 1.24 bits per heavy atom. The second-order valence-electron chi connectivity index (χ2n) is 5.68. The fraction of sp³-hybridized carbons (Fsp3) is 1.00. The van der Waals surface area contributed by atoms with Gasteiger partial charge in [0.05, 0.1) is 11.5 Å². The van der Waals surface area contributed by atoms with E-state index >= 15 is 0 Å². The Balaban J connectivity index is 1.86. The predicted octanol–water partition coefficient (Wildman–Crippen LogP) is 0.493. The van der Waals surface area contributed by atoms with E-state index in [0.29, 0.717) is 36.6 Å². The van der Waals surface area contributed by atoms with E-state index < -0.39 is 9.84 Å². The van der Waals surface area contributed by atoms with Gasteiger partial charge in [0.2, 0.25) is 0 Å². The first-order valence-electron chi connectivity index (χ1n) is 6.66. The van der Waals surface area contributed by atoms with Gasteiger partial charge in [-0.1, -0.05) is 13.8 Å². The monoisotopic (exact) mass is 260 g/mol. The average molecular weight is 260 g/mol. The number of hydrogen-bond acceptors (Lipinski definition) is 4. The van der Waals surface area contributed by atoms with Crippen LogP contribution in [0.2, 0.25) is 0 Å². The first-order chi connectivity index (χ1) is 7.98. The van der Waals surface area contributed by atoms with E-state index in [1.807, 2.05) is 0 Å². The summed E-state index contributed by atoms with van der Waals surface area (Å²) in [5.41, 5.74) is 0. The van der Waals surface area contributed by atoms with Crippen LogP contribution in [-0.2, 0) is 9.84 Å². The van der Waals surface area contributed by atoms with E-state index in [0.717, 1.165) is 12.6 Å². The lowest BCUT2D eigenvalue weighted by molar-refractivity contribution is 0.163. The summed E-state index contributed by atoms with van der Waals surface area (Å²) in [7, 11) is -2.76. The van der Waals surface area contributed by atoms with Crippen LogP contribution < -0.4 is 5.32 Å². The van der Waals surface area contributed by atoms with Crippen LogP contribution in [0.5, 0.6) is 0 Å². The van der Waals surface area contributed by atoms with Gasteiger partial charge in [-0.2, -0.15) is 0 Å². The lowest BCUT2D eigenvalue weighted by atomic mass is 10.0. The van der Waals surface area contributed by atoms with Gasteiger partial charge in [0, 0.05) is 31.7 Å². The Bertz CT molecular complexity index is 336. The molecule has 1 atom stereocenters. The summed E-state index contributed by atoms with van der Waals surface area (Å²) < 4.78 is 22.8. The van der Waals surface area contributed by atoms with Crippen LogP contribution in [0.1, 0.15) is 26.7 Å². The number of rotatable bonds is 5. The zero-order valence-corrected chi connectivity index (χ0v) is 11.7. The Kier molecular flexibility index (Phi) is 4.10. The van der Waals surface area contributed by atoms with Gasteiger partial charge in [0.1, 0.15) is 0 Å². The van der Waals surface area contributed by atoms with E-state index in [4.69, 9.17) is 0 Å². The lowest BCUT2D eigenvalue weighted by Crippen LogP contribution is -2.52. The number of nitrogens with one attached hydrogen (secondary N) is 1. The maximum atomic E-state index is 11.4. The van der Waals surface area contributed by atoms with Gasteiger partial charge in [-0.05, 0) is 18.8 Å². The largest absolute Gasteiger partial charge is 0.312 e. The SMILES string of the molecule is CC(C)C(CNC1CC1)N1CCS(=O)(=O)CC1. The molecular formula is C12H24N2O2S. The predicted molar refractivity (Wildman–Crippen MR) is 69.9 cm³/mol. The van der Waals surface area contributed by atoms with Crippen LogP contribution in [0, 0.1) is 5.92 Å². The van der Waals surface area contributed by atoms with E-state index in [9.17, 15) is 8.42 Å². The maximum absolute atomic E-state index is 11.4. The smallest absolute Gasteiger partial charge is 0.152 e. The van der Waals surface area contributed by atoms with Crippen molar-refractivity contribution >= 4 is 9.84 Å². The maximum Gasteiger partial charge on any atom is 0.152 e. The Hall–Kier alpha value is -0.130. The molecule has 0 bridgehead atoms. The van der Waals surface area contributed by atoms with Crippen molar-refractivity contribution in [3.8, 4) is 0 Å². The van der Waals surface area contributed by atoms with Crippen molar-refractivity contribution in [1.82, 2.24) is 10.2 Å².